The number of primary sulfonamides is 1. The van der Waals surface area contributed by atoms with Gasteiger partial charge in [0.2, 0.25) is 10.0 Å². The van der Waals surface area contributed by atoms with Crippen LogP contribution in [0.15, 0.2) is 35.2 Å². The lowest BCUT2D eigenvalue weighted by atomic mass is 10.2. The highest BCUT2D eigenvalue weighted by Crippen LogP contribution is 2.14. The molecule has 0 spiro atoms. The van der Waals surface area contributed by atoms with Gasteiger partial charge in [-0.05, 0) is 36.8 Å². The topological polar surface area (TPSA) is 107 Å². The number of aryl methyl sites for hydroxylation is 2. The Balaban J connectivity index is 2.18. The van der Waals surface area contributed by atoms with Crippen molar-refractivity contribution in [3.05, 3.63) is 41.7 Å². The van der Waals surface area contributed by atoms with Crippen LogP contribution < -0.4 is 10.5 Å². The van der Waals surface area contributed by atoms with Crippen LogP contribution in [0, 0.1) is 0 Å². The van der Waals surface area contributed by atoms with Gasteiger partial charge in [-0.1, -0.05) is 6.92 Å². The van der Waals surface area contributed by atoms with Crippen molar-refractivity contribution in [2.45, 2.75) is 18.2 Å². The molecule has 1 amide bonds. The van der Waals surface area contributed by atoms with Gasteiger partial charge in [0.15, 0.2) is 0 Å². The molecule has 0 aliphatic rings. The molecule has 0 fully saturated rings. The largest absolute Gasteiger partial charge is 0.321 e. The zero-order chi connectivity index (χ0) is 15.6. The average Bonchev–Trinajstić information content (AvgIpc) is 2.80. The van der Waals surface area contributed by atoms with Crippen molar-refractivity contribution in [2.24, 2.45) is 12.2 Å². The normalized spacial score (nSPS) is 11.4. The first-order chi connectivity index (χ1) is 9.81. The smallest absolute Gasteiger partial charge is 0.273 e. The number of hydrogen-bond donors (Lipinski definition) is 2. The molecule has 7 nitrogen and oxygen atoms in total. The lowest BCUT2D eigenvalue weighted by Crippen LogP contribution is -2.16. The first kappa shape index (κ1) is 15.2. The van der Waals surface area contributed by atoms with E-state index in [2.05, 4.69) is 10.4 Å². The molecule has 0 aliphatic carbocycles. The van der Waals surface area contributed by atoms with Gasteiger partial charge in [-0.15, -0.1) is 0 Å². The number of amides is 1. The number of aromatic nitrogens is 2. The fourth-order valence-corrected chi connectivity index (χ4v) is 2.35. The Morgan fingerprint density at radius 1 is 1.33 bits per heavy atom. The van der Waals surface area contributed by atoms with Crippen LogP contribution in [0.3, 0.4) is 0 Å². The van der Waals surface area contributed by atoms with Crippen LogP contribution in [0.2, 0.25) is 0 Å². The van der Waals surface area contributed by atoms with Crippen molar-refractivity contribution in [1.82, 2.24) is 9.78 Å². The highest BCUT2D eigenvalue weighted by Gasteiger charge is 2.13. The fourth-order valence-electron chi connectivity index (χ4n) is 1.83. The number of carbonyl (C=O) groups is 1. The van der Waals surface area contributed by atoms with Crippen molar-refractivity contribution < 1.29 is 13.2 Å². The molecule has 3 N–H and O–H groups in total. The molecular weight excluding hydrogens is 292 g/mol. The van der Waals surface area contributed by atoms with Gasteiger partial charge >= 0.3 is 0 Å². The minimum Gasteiger partial charge on any atom is -0.321 e. The monoisotopic (exact) mass is 308 g/mol. The molecular formula is C13H16N4O3S. The maximum Gasteiger partial charge on any atom is 0.273 e. The Hall–Kier alpha value is -2.19. The zero-order valence-corrected chi connectivity index (χ0v) is 12.5. The van der Waals surface area contributed by atoms with E-state index in [0.717, 1.165) is 12.1 Å². The third-order valence-corrected chi connectivity index (χ3v) is 3.90. The Bertz CT molecular complexity index is 763. The fraction of sp³-hybridized carbons (Fsp3) is 0.231. The SMILES string of the molecule is CCc1cc(C(=O)Nc2ccc(S(N)(=O)=O)cc2)n(C)n1. The van der Waals surface area contributed by atoms with Gasteiger partial charge in [-0.3, -0.25) is 9.48 Å². The summed E-state index contributed by atoms with van der Waals surface area (Å²) in [5.41, 5.74) is 1.74. The van der Waals surface area contributed by atoms with Crippen LogP contribution in [0.5, 0.6) is 0 Å². The van der Waals surface area contributed by atoms with Gasteiger partial charge in [0.1, 0.15) is 5.69 Å². The number of nitrogens with one attached hydrogen (secondary N) is 1. The van der Waals surface area contributed by atoms with E-state index in [1.807, 2.05) is 6.92 Å². The summed E-state index contributed by atoms with van der Waals surface area (Å²) >= 11 is 0. The van der Waals surface area contributed by atoms with E-state index in [1.165, 1.54) is 28.9 Å². The van der Waals surface area contributed by atoms with E-state index < -0.39 is 10.0 Å². The minimum absolute atomic E-state index is 0.00528. The van der Waals surface area contributed by atoms with E-state index in [9.17, 15) is 13.2 Å². The van der Waals surface area contributed by atoms with Crippen molar-refractivity contribution in [3.8, 4) is 0 Å². The summed E-state index contributed by atoms with van der Waals surface area (Å²) in [6, 6.07) is 7.36. The number of sulfonamides is 1. The predicted molar refractivity (Wildman–Crippen MR) is 78.4 cm³/mol. The number of anilines is 1. The Morgan fingerprint density at radius 3 is 2.43 bits per heavy atom. The van der Waals surface area contributed by atoms with Gasteiger partial charge in [-0.25, -0.2) is 13.6 Å². The summed E-state index contributed by atoms with van der Waals surface area (Å²) in [6.45, 7) is 1.95. The van der Waals surface area contributed by atoms with Gasteiger partial charge < -0.3 is 5.32 Å². The summed E-state index contributed by atoms with van der Waals surface area (Å²) in [5, 5.41) is 11.9. The number of nitrogens with two attached hydrogens (primary N) is 1. The first-order valence-electron chi connectivity index (χ1n) is 6.28. The number of benzene rings is 1. The highest BCUT2D eigenvalue weighted by molar-refractivity contribution is 7.89. The molecule has 0 unspecified atom stereocenters. The van der Waals surface area contributed by atoms with Crippen LogP contribution in [-0.4, -0.2) is 24.1 Å². The lowest BCUT2D eigenvalue weighted by Gasteiger charge is -2.06. The zero-order valence-electron chi connectivity index (χ0n) is 11.7. The van der Waals surface area contributed by atoms with Crippen LogP contribution in [0.4, 0.5) is 5.69 Å². The van der Waals surface area contributed by atoms with E-state index in [1.54, 1.807) is 13.1 Å². The summed E-state index contributed by atoms with van der Waals surface area (Å²) < 4.78 is 23.8. The minimum atomic E-state index is -3.73. The number of carbonyl (C=O) groups excluding carboxylic acids is 1. The summed E-state index contributed by atoms with van der Waals surface area (Å²) in [7, 11) is -2.04. The molecule has 21 heavy (non-hydrogen) atoms. The lowest BCUT2D eigenvalue weighted by molar-refractivity contribution is 0.101. The molecule has 0 saturated carbocycles. The third kappa shape index (κ3) is 3.47. The second-order valence-corrected chi connectivity index (χ2v) is 6.08. The van der Waals surface area contributed by atoms with E-state index in [0.29, 0.717) is 11.4 Å². The van der Waals surface area contributed by atoms with E-state index in [-0.39, 0.29) is 10.8 Å². The maximum atomic E-state index is 12.1. The molecule has 0 saturated heterocycles. The molecule has 2 rings (SSSR count). The van der Waals surface area contributed by atoms with Crippen molar-refractivity contribution >= 4 is 21.6 Å². The highest BCUT2D eigenvalue weighted by atomic mass is 32.2. The summed E-state index contributed by atoms with van der Waals surface area (Å²) in [6.07, 6.45) is 0.740. The average molecular weight is 308 g/mol. The summed E-state index contributed by atoms with van der Waals surface area (Å²) in [4.78, 5) is 12.1. The predicted octanol–water partition coefficient (Wildman–Crippen LogP) is 0.882. The van der Waals surface area contributed by atoms with Gasteiger partial charge in [0, 0.05) is 12.7 Å². The van der Waals surface area contributed by atoms with Crippen LogP contribution in [0.25, 0.3) is 0 Å². The van der Waals surface area contributed by atoms with Crippen LogP contribution in [0.1, 0.15) is 23.1 Å². The van der Waals surface area contributed by atoms with Crippen molar-refractivity contribution in [3.63, 3.8) is 0 Å². The number of nitrogens with zero attached hydrogens (tertiary/aromatic N) is 2. The standard InChI is InChI=1S/C13H16N4O3S/c1-3-9-8-12(17(2)16-9)13(18)15-10-4-6-11(7-5-10)21(14,19)20/h4-8H,3H2,1-2H3,(H,15,18)(H2,14,19,20). The number of hydrogen-bond acceptors (Lipinski definition) is 4. The molecule has 0 radical (unpaired) electrons. The van der Waals surface area contributed by atoms with Crippen LogP contribution >= 0.6 is 0 Å². The number of rotatable bonds is 4. The maximum absolute atomic E-state index is 12.1. The third-order valence-electron chi connectivity index (χ3n) is 2.97. The molecule has 2 aromatic rings. The molecule has 0 aliphatic heterocycles. The Labute approximate surface area is 122 Å². The molecule has 1 heterocycles. The van der Waals surface area contributed by atoms with Crippen molar-refractivity contribution in [1.29, 1.82) is 0 Å². The molecule has 1 aromatic heterocycles. The second-order valence-electron chi connectivity index (χ2n) is 4.52. The van der Waals surface area contributed by atoms with Crippen LogP contribution in [-0.2, 0) is 23.5 Å². The van der Waals surface area contributed by atoms with Gasteiger partial charge in [0.25, 0.3) is 5.91 Å². The quantitative estimate of drug-likeness (QED) is 0.874. The Kier molecular flexibility index (Phi) is 4.10. The Morgan fingerprint density at radius 2 is 1.95 bits per heavy atom. The van der Waals surface area contributed by atoms with Gasteiger partial charge in [0.05, 0.1) is 10.6 Å². The summed E-state index contributed by atoms with van der Waals surface area (Å²) in [5.74, 6) is -0.312. The molecule has 1 aromatic carbocycles. The molecule has 0 bridgehead atoms. The molecule has 112 valence electrons. The first-order valence-corrected chi connectivity index (χ1v) is 7.83. The van der Waals surface area contributed by atoms with E-state index >= 15 is 0 Å². The second kappa shape index (κ2) is 5.66. The van der Waals surface area contributed by atoms with E-state index in [4.69, 9.17) is 5.14 Å². The van der Waals surface area contributed by atoms with Gasteiger partial charge in [-0.2, -0.15) is 5.10 Å². The molecule has 8 heteroatoms. The van der Waals surface area contributed by atoms with Crippen molar-refractivity contribution in [2.75, 3.05) is 5.32 Å². The molecule has 0 atom stereocenters.